The molecule has 0 fully saturated rings. The molecular weight excluding hydrogens is 411 g/mol. The first-order chi connectivity index (χ1) is 14.7. The second kappa shape index (κ2) is 8.97. The highest BCUT2D eigenvalue weighted by molar-refractivity contribution is 6.04. The van der Waals surface area contributed by atoms with E-state index in [2.05, 4.69) is 10.4 Å². The van der Waals surface area contributed by atoms with Crippen LogP contribution in [0.2, 0.25) is 0 Å². The Bertz CT molecular complexity index is 1200. The maximum Gasteiger partial charge on any atom is 0.401 e. The standard InChI is InChI=1S/C21H18F3N5O2/c1-26-19(30)18-16-4-2-3-5-17(16)20(31)29(27-18)13-28(12-21(22,23)24)11-15-8-6-14(10-25)7-9-15/h2-9H,11-13H2,1H3,(H,26,30). The Kier molecular flexibility index (Phi) is 6.36. The van der Waals surface area contributed by atoms with E-state index in [-0.39, 0.29) is 17.6 Å². The second-order valence-corrected chi connectivity index (χ2v) is 6.83. The molecule has 1 heterocycles. The van der Waals surface area contributed by atoms with E-state index in [0.29, 0.717) is 16.5 Å². The summed E-state index contributed by atoms with van der Waals surface area (Å²) in [6.07, 6.45) is -4.52. The minimum atomic E-state index is -4.52. The van der Waals surface area contributed by atoms with Crippen molar-refractivity contribution >= 4 is 16.7 Å². The topological polar surface area (TPSA) is 91.0 Å². The Hall–Kier alpha value is -3.71. The van der Waals surface area contributed by atoms with Gasteiger partial charge in [0.25, 0.3) is 11.5 Å². The van der Waals surface area contributed by atoms with E-state index < -0.39 is 30.9 Å². The first kappa shape index (κ1) is 22.0. The van der Waals surface area contributed by atoms with Crippen LogP contribution in [0.3, 0.4) is 0 Å². The number of alkyl halides is 3. The van der Waals surface area contributed by atoms with E-state index in [0.717, 1.165) is 9.58 Å². The third-order valence-corrected chi connectivity index (χ3v) is 4.54. The van der Waals surface area contributed by atoms with E-state index in [4.69, 9.17) is 5.26 Å². The fourth-order valence-corrected chi connectivity index (χ4v) is 3.16. The summed E-state index contributed by atoms with van der Waals surface area (Å²) in [5.41, 5.74) is 0.260. The van der Waals surface area contributed by atoms with Crippen LogP contribution in [0.1, 0.15) is 21.6 Å². The van der Waals surface area contributed by atoms with Crippen LogP contribution in [0, 0.1) is 11.3 Å². The first-order valence-corrected chi connectivity index (χ1v) is 9.22. The molecule has 3 rings (SSSR count). The van der Waals surface area contributed by atoms with E-state index >= 15 is 0 Å². The van der Waals surface area contributed by atoms with Crippen LogP contribution in [0.4, 0.5) is 13.2 Å². The van der Waals surface area contributed by atoms with Crippen molar-refractivity contribution in [2.45, 2.75) is 19.4 Å². The normalized spacial score (nSPS) is 11.5. The molecule has 0 unspecified atom stereocenters. The lowest BCUT2D eigenvalue weighted by atomic mass is 10.1. The van der Waals surface area contributed by atoms with Crippen molar-refractivity contribution in [2.24, 2.45) is 0 Å². The number of halogens is 3. The lowest BCUT2D eigenvalue weighted by Gasteiger charge is -2.24. The fourth-order valence-electron chi connectivity index (χ4n) is 3.16. The number of rotatable bonds is 6. The second-order valence-electron chi connectivity index (χ2n) is 6.83. The molecule has 31 heavy (non-hydrogen) atoms. The van der Waals surface area contributed by atoms with Crippen molar-refractivity contribution in [3.63, 3.8) is 0 Å². The van der Waals surface area contributed by atoms with Gasteiger partial charge in [0.2, 0.25) is 0 Å². The summed E-state index contributed by atoms with van der Waals surface area (Å²) in [4.78, 5) is 26.1. The summed E-state index contributed by atoms with van der Waals surface area (Å²) in [6, 6.07) is 14.4. The van der Waals surface area contributed by atoms with Gasteiger partial charge in [-0.25, -0.2) is 4.68 Å². The van der Waals surface area contributed by atoms with Gasteiger partial charge in [-0.15, -0.1) is 0 Å². The summed E-state index contributed by atoms with van der Waals surface area (Å²) in [5.74, 6) is -0.556. The summed E-state index contributed by atoms with van der Waals surface area (Å²) in [6.45, 7) is -1.90. The number of nitrogens with one attached hydrogen (secondary N) is 1. The lowest BCUT2D eigenvalue weighted by molar-refractivity contribution is -0.151. The summed E-state index contributed by atoms with van der Waals surface area (Å²) >= 11 is 0. The van der Waals surface area contributed by atoms with Gasteiger partial charge in [0.15, 0.2) is 5.69 Å². The highest BCUT2D eigenvalue weighted by Gasteiger charge is 2.31. The number of carbonyl (C=O) groups is 1. The molecule has 0 aliphatic heterocycles. The monoisotopic (exact) mass is 429 g/mol. The lowest BCUT2D eigenvalue weighted by Crippen LogP contribution is -2.40. The molecule has 1 aromatic heterocycles. The molecular formula is C21H18F3N5O2. The zero-order valence-corrected chi connectivity index (χ0v) is 16.5. The molecule has 3 aromatic rings. The summed E-state index contributed by atoms with van der Waals surface area (Å²) < 4.78 is 40.4. The Balaban J connectivity index is 2.01. The molecule has 0 radical (unpaired) electrons. The average Bonchev–Trinajstić information content (AvgIpc) is 2.74. The molecule has 0 aliphatic carbocycles. The number of hydrogen-bond donors (Lipinski definition) is 1. The maximum atomic E-state index is 13.2. The van der Waals surface area contributed by atoms with Gasteiger partial charge < -0.3 is 5.32 Å². The van der Waals surface area contributed by atoms with Gasteiger partial charge in [-0.1, -0.05) is 30.3 Å². The molecule has 0 bridgehead atoms. The van der Waals surface area contributed by atoms with Crippen LogP contribution in [0.25, 0.3) is 10.8 Å². The average molecular weight is 429 g/mol. The number of carbonyl (C=O) groups excluding carboxylic acids is 1. The fraction of sp³-hybridized carbons (Fsp3) is 0.238. The number of fused-ring (bicyclic) bond motifs is 1. The molecule has 0 saturated carbocycles. The minimum absolute atomic E-state index is 0.0527. The molecule has 0 atom stereocenters. The smallest absolute Gasteiger partial charge is 0.354 e. The molecule has 10 heteroatoms. The summed E-state index contributed by atoms with van der Waals surface area (Å²) in [7, 11) is 1.40. The van der Waals surface area contributed by atoms with E-state index in [1.165, 1.54) is 25.2 Å². The van der Waals surface area contributed by atoms with Gasteiger partial charge in [0.1, 0.15) is 0 Å². The number of aromatic nitrogens is 2. The van der Waals surface area contributed by atoms with Gasteiger partial charge in [-0.05, 0) is 23.8 Å². The number of nitriles is 1. The van der Waals surface area contributed by atoms with Crippen LogP contribution >= 0.6 is 0 Å². The quantitative estimate of drug-likeness (QED) is 0.651. The van der Waals surface area contributed by atoms with Crippen molar-refractivity contribution < 1.29 is 18.0 Å². The van der Waals surface area contributed by atoms with Crippen molar-refractivity contribution in [1.82, 2.24) is 20.0 Å². The summed E-state index contributed by atoms with van der Waals surface area (Å²) in [5, 5.41) is 15.9. The molecule has 0 saturated heterocycles. The van der Waals surface area contributed by atoms with Gasteiger partial charge in [-0.2, -0.15) is 23.5 Å². The van der Waals surface area contributed by atoms with Crippen LogP contribution in [0.5, 0.6) is 0 Å². The van der Waals surface area contributed by atoms with Gasteiger partial charge in [-0.3, -0.25) is 14.5 Å². The Morgan fingerprint density at radius 2 is 1.81 bits per heavy atom. The highest BCUT2D eigenvalue weighted by atomic mass is 19.4. The predicted molar refractivity (Wildman–Crippen MR) is 107 cm³/mol. The number of nitrogens with zero attached hydrogens (tertiary/aromatic N) is 4. The van der Waals surface area contributed by atoms with Gasteiger partial charge in [0, 0.05) is 19.0 Å². The van der Waals surface area contributed by atoms with Gasteiger partial charge >= 0.3 is 6.18 Å². The largest absolute Gasteiger partial charge is 0.401 e. The third kappa shape index (κ3) is 5.26. The molecule has 0 spiro atoms. The van der Waals surface area contributed by atoms with Crippen LogP contribution in [-0.2, 0) is 13.2 Å². The van der Waals surface area contributed by atoms with E-state index in [1.54, 1.807) is 30.3 Å². The maximum absolute atomic E-state index is 13.2. The zero-order chi connectivity index (χ0) is 22.6. The number of amides is 1. The van der Waals surface area contributed by atoms with Crippen molar-refractivity contribution in [1.29, 1.82) is 5.26 Å². The van der Waals surface area contributed by atoms with Crippen molar-refractivity contribution in [3.05, 3.63) is 75.7 Å². The number of hydrogen-bond acceptors (Lipinski definition) is 5. The third-order valence-electron chi connectivity index (χ3n) is 4.54. The predicted octanol–water partition coefficient (Wildman–Crippen LogP) is 2.65. The molecule has 2 aromatic carbocycles. The molecule has 1 N–H and O–H groups in total. The molecule has 0 aliphatic rings. The molecule has 7 nitrogen and oxygen atoms in total. The van der Waals surface area contributed by atoms with Crippen LogP contribution < -0.4 is 10.9 Å². The van der Waals surface area contributed by atoms with Crippen molar-refractivity contribution in [2.75, 3.05) is 13.6 Å². The molecule has 1 amide bonds. The first-order valence-electron chi connectivity index (χ1n) is 9.22. The Labute approximate surface area is 175 Å². The zero-order valence-electron chi connectivity index (χ0n) is 16.5. The van der Waals surface area contributed by atoms with Gasteiger partial charge in [0.05, 0.1) is 30.2 Å². The van der Waals surface area contributed by atoms with E-state index in [1.807, 2.05) is 6.07 Å². The van der Waals surface area contributed by atoms with E-state index in [9.17, 15) is 22.8 Å². The SMILES string of the molecule is CNC(=O)c1nn(CN(Cc2ccc(C#N)cc2)CC(F)(F)F)c(=O)c2ccccc12. The minimum Gasteiger partial charge on any atom is -0.354 e. The number of benzene rings is 2. The Morgan fingerprint density at radius 3 is 2.39 bits per heavy atom. The van der Waals surface area contributed by atoms with Crippen LogP contribution in [0.15, 0.2) is 53.3 Å². The molecule has 160 valence electrons. The Morgan fingerprint density at radius 1 is 1.16 bits per heavy atom. The van der Waals surface area contributed by atoms with Crippen molar-refractivity contribution in [3.8, 4) is 6.07 Å². The highest BCUT2D eigenvalue weighted by Crippen LogP contribution is 2.19. The van der Waals surface area contributed by atoms with Crippen LogP contribution in [-0.4, -0.2) is 40.4 Å².